The zero-order valence-corrected chi connectivity index (χ0v) is 15.7. The topological polar surface area (TPSA) is 72.4 Å². The second-order valence-electron chi connectivity index (χ2n) is 5.80. The lowest BCUT2D eigenvalue weighted by atomic mass is 9.99. The zero-order valence-electron chi connectivity index (χ0n) is 13.3. The van der Waals surface area contributed by atoms with E-state index < -0.39 is 15.8 Å². The number of hydrogen-bond acceptors (Lipinski definition) is 5. The van der Waals surface area contributed by atoms with E-state index in [9.17, 15) is 12.8 Å². The number of aromatic nitrogens is 2. The largest absolute Gasteiger partial charge is 0.463 e. The average molecular weight is 430 g/mol. The van der Waals surface area contributed by atoms with Crippen molar-refractivity contribution in [3.8, 4) is 6.01 Å². The Morgan fingerprint density at radius 2 is 1.76 bits per heavy atom. The lowest BCUT2D eigenvalue weighted by Crippen LogP contribution is -2.39. The molecular formula is C16H17BrFN3O3S. The lowest BCUT2D eigenvalue weighted by molar-refractivity contribution is 0.176. The van der Waals surface area contributed by atoms with E-state index in [1.807, 2.05) is 0 Å². The molecule has 3 rings (SSSR count). The third kappa shape index (κ3) is 4.53. The minimum absolute atomic E-state index is 0.117. The van der Waals surface area contributed by atoms with Crippen LogP contribution in [0.2, 0.25) is 0 Å². The van der Waals surface area contributed by atoms with Crippen LogP contribution in [0, 0.1) is 11.7 Å². The molecular weight excluding hydrogens is 413 g/mol. The van der Waals surface area contributed by atoms with E-state index >= 15 is 0 Å². The summed E-state index contributed by atoms with van der Waals surface area (Å²) in [7, 11) is -3.58. The average Bonchev–Trinajstić information content (AvgIpc) is 2.62. The van der Waals surface area contributed by atoms with Gasteiger partial charge in [0.05, 0.1) is 16.0 Å². The van der Waals surface area contributed by atoms with E-state index in [0.29, 0.717) is 38.5 Å². The molecule has 0 unspecified atom stereocenters. The molecule has 1 fully saturated rings. The van der Waals surface area contributed by atoms with Gasteiger partial charge in [-0.3, -0.25) is 0 Å². The standard InChI is InChI=1S/C16H17BrFN3O3S/c17-13-9-19-16(20-10-13)24-11-12-5-7-21(8-6-12)25(22,23)15-3-1-14(18)2-4-15/h1-4,9-10,12H,5-8,11H2. The van der Waals surface area contributed by atoms with Crippen molar-refractivity contribution in [2.24, 2.45) is 5.92 Å². The summed E-state index contributed by atoms with van der Waals surface area (Å²) in [6.45, 7) is 1.27. The van der Waals surface area contributed by atoms with Gasteiger partial charge in [0.15, 0.2) is 0 Å². The van der Waals surface area contributed by atoms with Crippen molar-refractivity contribution in [2.75, 3.05) is 19.7 Å². The van der Waals surface area contributed by atoms with Crippen LogP contribution in [0.4, 0.5) is 4.39 Å². The predicted molar refractivity (Wildman–Crippen MR) is 93.1 cm³/mol. The molecule has 0 radical (unpaired) electrons. The van der Waals surface area contributed by atoms with E-state index in [1.165, 1.54) is 16.4 Å². The molecule has 0 atom stereocenters. The minimum atomic E-state index is -3.58. The molecule has 2 heterocycles. The maximum absolute atomic E-state index is 13.0. The molecule has 1 aromatic heterocycles. The van der Waals surface area contributed by atoms with Crippen LogP contribution in [0.15, 0.2) is 46.0 Å². The first-order valence-electron chi connectivity index (χ1n) is 7.81. The van der Waals surface area contributed by atoms with E-state index in [-0.39, 0.29) is 10.8 Å². The Balaban J connectivity index is 1.54. The van der Waals surface area contributed by atoms with Crippen LogP contribution in [0.3, 0.4) is 0 Å². The van der Waals surface area contributed by atoms with Crippen molar-refractivity contribution in [1.82, 2.24) is 14.3 Å². The number of piperidine rings is 1. The molecule has 1 aliphatic rings. The highest BCUT2D eigenvalue weighted by molar-refractivity contribution is 9.10. The molecule has 0 N–H and O–H groups in total. The van der Waals surface area contributed by atoms with E-state index in [2.05, 4.69) is 25.9 Å². The summed E-state index contributed by atoms with van der Waals surface area (Å²) in [6, 6.07) is 5.22. The summed E-state index contributed by atoms with van der Waals surface area (Å²) < 4.78 is 45.9. The summed E-state index contributed by atoms with van der Waals surface area (Å²) >= 11 is 3.26. The van der Waals surface area contributed by atoms with Gasteiger partial charge in [-0.2, -0.15) is 4.31 Å². The normalized spacial score (nSPS) is 16.7. The van der Waals surface area contributed by atoms with Crippen LogP contribution in [-0.4, -0.2) is 42.4 Å². The first-order chi connectivity index (χ1) is 11.9. The highest BCUT2D eigenvalue weighted by atomic mass is 79.9. The molecule has 25 heavy (non-hydrogen) atoms. The highest BCUT2D eigenvalue weighted by Crippen LogP contribution is 2.24. The number of benzene rings is 1. The van der Waals surface area contributed by atoms with Crippen molar-refractivity contribution in [1.29, 1.82) is 0 Å². The molecule has 2 aromatic rings. The molecule has 1 saturated heterocycles. The number of halogens is 2. The summed E-state index contributed by atoms with van der Waals surface area (Å²) in [6.07, 6.45) is 4.61. The Morgan fingerprint density at radius 3 is 2.36 bits per heavy atom. The van der Waals surface area contributed by atoms with Gasteiger partial charge in [0.25, 0.3) is 0 Å². The fraction of sp³-hybridized carbons (Fsp3) is 0.375. The number of sulfonamides is 1. The van der Waals surface area contributed by atoms with Gasteiger partial charge in [0.1, 0.15) is 5.82 Å². The summed E-state index contributed by atoms with van der Waals surface area (Å²) in [4.78, 5) is 8.21. The highest BCUT2D eigenvalue weighted by Gasteiger charge is 2.29. The number of rotatable bonds is 5. The molecule has 0 amide bonds. The van der Waals surface area contributed by atoms with Crippen molar-refractivity contribution >= 4 is 26.0 Å². The molecule has 0 spiro atoms. The Labute approximate surface area is 154 Å². The fourth-order valence-corrected chi connectivity index (χ4v) is 4.31. The molecule has 0 aliphatic carbocycles. The van der Waals surface area contributed by atoms with Gasteiger partial charge in [-0.25, -0.2) is 22.8 Å². The van der Waals surface area contributed by atoms with Gasteiger partial charge in [0.2, 0.25) is 10.0 Å². The van der Waals surface area contributed by atoms with Crippen LogP contribution < -0.4 is 4.74 Å². The van der Waals surface area contributed by atoms with E-state index in [4.69, 9.17) is 4.74 Å². The third-order valence-electron chi connectivity index (χ3n) is 4.07. The van der Waals surface area contributed by atoms with Crippen LogP contribution in [0.5, 0.6) is 6.01 Å². The Bertz CT molecular complexity index is 808. The maximum atomic E-state index is 13.0. The number of hydrogen-bond donors (Lipinski definition) is 0. The van der Waals surface area contributed by atoms with Gasteiger partial charge in [-0.05, 0) is 59.0 Å². The van der Waals surface area contributed by atoms with Gasteiger partial charge >= 0.3 is 6.01 Å². The monoisotopic (exact) mass is 429 g/mol. The van der Waals surface area contributed by atoms with Gasteiger partial charge in [-0.15, -0.1) is 0 Å². The molecule has 6 nitrogen and oxygen atoms in total. The summed E-state index contributed by atoms with van der Waals surface area (Å²) in [5, 5.41) is 0. The number of ether oxygens (including phenoxy) is 1. The van der Waals surface area contributed by atoms with Crippen molar-refractivity contribution in [2.45, 2.75) is 17.7 Å². The summed E-state index contributed by atoms with van der Waals surface area (Å²) in [5.74, 6) is -0.211. The number of nitrogens with zero attached hydrogens (tertiary/aromatic N) is 3. The zero-order chi connectivity index (χ0) is 17.9. The van der Waals surface area contributed by atoms with Crippen molar-refractivity contribution in [3.63, 3.8) is 0 Å². The lowest BCUT2D eigenvalue weighted by Gasteiger charge is -2.30. The molecule has 1 aromatic carbocycles. The van der Waals surface area contributed by atoms with Crippen LogP contribution in [0.25, 0.3) is 0 Å². The Morgan fingerprint density at radius 1 is 1.16 bits per heavy atom. The van der Waals surface area contributed by atoms with Gasteiger partial charge < -0.3 is 4.74 Å². The maximum Gasteiger partial charge on any atom is 0.316 e. The van der Waals surface area contributed by atoms with Gasteiger partial charge in [0, 0.05) is 25.5 Å². The second kappa shape index (κ2) is 7.76. The smallest absolute Gasteiger partial charge is 0.316 e. The first kappa shape index (κ1) is 18.2. The Kier molecular flexibility index (Phi) is 5.65. The second-order valence-corrected chi connectivity index (χ2v) is 8.65. The van der Waals surface area contributed by atoms with Crippen LogP contribution in [-0.2, 0) is 10.0 Å². The summed E-state index contributed by atoms with van der Waals surface area (Å²) in [5.41, 5.74) is 0. The van der Waals surface area contributed by atoms with Gasteiger partial charge in [-0.1, -0.05) is 0 Å². The quantitative estimate of drug-likeness (QED) is 0.730. The molecule has 9 heteroatoms. The predicted octanol–water partition coefficient (Wildman–Crippen LogP) is 2.86. The molecule has 1 aliphatic heterocycles. The van der Waals surface area contributed by atoms with Crippen molar-refractivity contribution in [3.05, 3.63) is 46.9 Å². The third-order valence-corrected chi connectivity index (χ3v) is 6.39. The van der Waals surface area contributed by atoms with E-state index in [0.717, 1.165) is 16.6 Å². The Hall–Kier alpha value is -1.58. The van der Waals surface area contributed by atoms with E-state index in [1.54, 1.807) is 12.4 Å². The minimum Gasteiger partial charge on any atom is -0.463 e. The molecule has 0 saturated carbocycles. The molecule has 134 valence electrons. The molecule has 0 bridgehead atoms. The van der Waals surface area contributed by atoms with Crippen molar-refractivity contribution < 1.29 is 17.5 Å². The first-order valence-corrected chi connectivity index (χ1v) is 10.0. The van der Waals surface area contributed by atoms with Crippen LogP contribution >= 0.6 is 15.9 Å². The van der Waals surface area contributed by atoms with Crippen LogP contribution in [0.1, 0.15) is 12.8 Å². The fourth-order valence-electron chi connectivity index (χ4n) is 2.64. The SMILES string of the molecule is O=S(=O)(c1ccc(F)cc1)N1CCC(COc2ncc(Br)cn2)CC1.